The zero-order valence-electron chi connectivity index (χ0n) is 17.6. The molecule has 30 heavy (non-hydrogen) atoms. The van der Waals surface area contributed by atoms with Crippen LogP contribution in [0.5, 0.6) is 11.5 Å². The number of Topliss-reactive ketones (excluding diaryl/α,β-unsaturated/α-hetero) is 1. The minimum atomic E-state index is -0.953. The maximum absolute atomic E-state index is 12.2. The van der Waals surface area contributed by atoms with E-state index in [4.69, 9.17) is 14.2 Å². The highest BCUT2D eigenvalue weighted by molar-refractivity contribution is 5.94. The fourth-order valence-corrected chi connectivity index (χ4v) is 2.72. The van der Waals surface area contributed by atoms with Crippen LogP contribution in [0.15, 0.2) is 48.5 Å². The Labute approximate surface area is 176 Å². The van der Waals surface area contributed by atoms with Crippen molar-refractivity contribution in [2.75, 3.05) is 20.3 Å². The smallest absolute Gasteiger partial charge is 0.344 e. The number of benzene rings is 2. The quantitative estimate of drug-likeness (QED) is 0.475. The van der Waals surface area contributed by atoms with E-state index in [0.29, 0.717) is 23.6 Å². The van der Waals surface area contributed by atoms with Gasteiger partial charge in [-0.15, -0.1) is 0 Å². The van der Waals surface area contributed by atoms with Gasteiger partial charge in [-0.05, 0) is 43.5 Å². The number of ether oxygens (including phenoxy) is 3. The van der Waals surface area contributed by atoms with Crippen molar-refractivity contribution in [1.29, 1.82) is 0 Å². The molecular weight excluding hydrogens is 386 g/mol. The van der Waals surface area contributed by atoms with Crippen molar-refractivity contribution in [3.8, 4) is 11.5 Å². The summed E-state index contributed by atoms with van der Waals surface area (Å²) in [6, 6.07) is 14.5. The fourth-order valence-electron chi connectivity index (χ4n) is 2.72. The minimum Gasteiger partial charge on any atom is -0.493 e. The highest BCUT2D eigenvalue weighted by Crippen LogP contribution is 2.28. The zero-order valence-corrected chi connectivity index (χ0v) is 17.6. The van der Waals surface area contributed by atoms with E-state index in [2.05, 4.69) is 5.32 Å². The highest BCUT2D eigenvalue weighted by Gasteiger charge is 2.19. The maximum atomic E-state index is 12.2. The van der Waals surface area contributed by atoms with Crippen molar-refractivity contribution < 1.29 is 28.6 Å². The van der Waals surface area contributed by atoms with E-state index in [9.17, 15) is 14.4 Å². The van der Waals surface area contributed by atoms with Crippen LogP contribution in [0.3, 0.4) is 0 Å². The Kier molecular flexibility index (Phi) is 8.41. The summed E-state index contributed by atoms with van der Waals surface area (Å²) in [7, 11) is 1.44. The molecule has 0 aliphatic heterocycles. The summed E-state index contributed by atoms with van der Waals surface area (Å²) < 4.78 is 15.7. The number of nitrogens with one attached hydrogen (secondary N) is 1. The van der Waals surface area contributed by atoms with Gasteiger partial charge < -0.3 is 19.5 Å². The predicted octanol–water partition coefficient (Wildman–Crippen LogP) is 3.13. The number of carbonyl (C=O) groups is 3. The normalized spacial score (nSPS) is 12.4. The lowest BCUT2D eigenvalue weighted by Crippen LogP contribution is -2.38. The molecular formula is C23H27NO6. The van der Waals surface area contributed by atoms with Gasteiger partial charge >= 0.3 is 5.97 Å². The SMILES string of the molecule is COc1cc(C(C)=O)ccc1OCC(=O)O[C@@H](C)C(=O)NC[C@@H](C)c1ccccc1. The molecule has 160 valence electrons. The standard InChI is InChI=1S/C23H27NO6/c1-15(18-8-6-5-7-9-18)13-24-23(27)17(3)30-22(26)14-29-20-11-10-19(16(2)25)12-21(20)28-4/h5-12,15,17H,13-14H2,1-4H3,(H,24,27)/t15-,17+/m1/s1. The number of hydrogen-bond acceptors (Lipinski definition) is 6. The molecule has 0 fully saturated rings. The van der Waals surface area contributed by atoms with Gasteiger partial charge in [0, 0.05) is 12.1 Å². The average molecular weight is 413 g/mol. The molecule has 2 rings (SSSR count). The lowest BCUT2D eigenvalue weighted by molar-refractivity contribution is -0.156. The monoisotopic (exact) mass is 413 g/mol. The third kappa shape index (κ3) is 6.62. The topological polar surface area (TPSA) is 90.9 Å². The third-order valence-electron chi connectivity index (χ3n) is 4.54. The van der Waals surface area contributed by atoms with Crippen molar-refractivity contribution in [3.63, 3.8) is 0 Å². The summed E-state index contributed by atoms with van der Waals surface area (Å²) in [6.07, 6.45) is -0.953. The van der Waals surface area contributed by atoms with Crippen molar-refractivity contribution in [2.24, 2.45) is 0 Å². The van der Waals surface area contributed by atoms with Gasteiger partial charge in [-0.2, -0.15) is 0 Å². The molecule has 1 amide bonds. The number of methoxy groups -OCH3 is 1. The first-order valence-corrected chi connectivity index (χ1v) is 9.65. The number of carbonyl (C=O) groups excluding carboxylic acids is 3. The van der Waals surface area contributed by atoms with E-state index < -0.39 is 18.7 Å². The van der Waals surface area contributed by atoms with Crippen LogP contribution < -0.4 is 14.8 Å². The van der Waals surface area contributed by atoms with Gasteiger partial charge in [0.15, 0.2) is 30.0 Å². The number of amides is 1. The molecule has 2 aromatic carbocycles. The summed E-state index contributed by atoms with van der Waals surface area (Å²) in [5.41, 5.74) is 1.58. The number of hydrogen-bond donors (Lipinski definition) is 1. The van der Waals surface area contributed by atoms with E-state index in [1.165, 1.54) is 27.0 Å². The summed E-state index contributed by atoms with van der Waals surface area (Å²) in [4.78, 5) is 35.7. The van der Waals surface area contributed by atoms with Crippen LogP contribution in [0.2, 0.25) is 0 Å². The van der Waals surface area contributed by atoms with Crippen LogP contribution in [-0.2, 0) is 14.3 Å². The second-order valence-corrected chi connectivity index (χ2v) is 6.90. The molecule has 0 aromatic heterocycles. The minimum absolute atomic E-state index is 0.110. The van der Waals surface area contributed by atoms with Gasteiger partial charge in [-0.3, -0.25) is 9.59 Å². The average Bonchev–Trinajstić information content (AvgIpc) is 2.75. The Bertz CT molecular complexity index is 881. The molecule has 1 N–H and O–H groups in total. The summed E-state index contributed by atoms with van der Waals surface area (Å²) in [6.45, 7) is 4.99. The molecule has 7 nitrogen and oxygen atoms in total. The van der Waals surface area contributed by atoms with Crippen LogP contribution in [0.25, 0.3) is 0 Å². The molecule has 0 radical (unpaired) electrons. The third-order valence-corrected chi connectivity index (χ3v) is 4.54. The molecule has 0 unspecified atom stereocenters. The second-order valence-electron chi connectivity index (χ2n) is 6.90. The van der Waals surface area contributed by atoms with Crippen molar-refractivity contribution in [1.82, 2.24) is 5.32 Å². The molecule has 0 saturated carbocycles. The Morgan fingerprint density at radius 2 is 1.70 bits per heavy atom. The molecule has 2 atom stereocenters. The first kappa shape index (κ1) is 22.9. The van der Waals surface area contributed by atoms with Gasteiger partial charge in [0.1, 0.15) is 0 Å². The Morgan fingerprint density at radius 3 is 2.33 bits per heavy atom. The van der Waals surface area contributed by atoms with Crippen molar-refractivity contribution in [3.05, 3.63) is 59.7 Å². The molecule has 0 saturated heterocycles. The van der Waals surface area contributed by atoms with Crippen molar-refractivity contribution in [2.45, 2.75) is 32.8 Å². The van der Waals surface area contributed by atoms with Gasteiger partial charge in [0.25, 0.3) is 5.91 Å². The first-order valence-electron chi connectivity index (χ1n) is 9.65. The molecule has 0 bridgehead atoms. The van der Waals surface area contributed by atoms with E-state index in [1.807, 2.05) is 37.3 Å². The summed E-state index contributed by atoms with van der Waals surface area (Å²) in [5.74, 6) is -0.419. The zero-order chi connectivity index (χ0) is 22.1. The molecule has 0 aliphatic carbocycles. The first-order chi connectivity index (χ1) is 14.3. The van der Waals surface area contributed by atoms with Crippen molar-refractivity contribution >= 4 is 17.7 Å². The Hall–Kier alpha value is -3.35. The molecule has 0 spiro atoms. The molecule has 0 aliphatic rings. The summed E-state index contributed by atoms with van der Waals surface area (Å²) >= 11 is 0. The molecule has 7 heteroatoms. The van der Waals surface area contributed by atoms with E-state index in [0.717, 1.165) is 5.56 Å². The van der Waals surface area contributed by atoms with E-state index in [-0.39, 0.29) is 17.6 Å². The predicted molar refractivity (Wildman–Crippen MR) is 112 cm³/mol. The number of rotatable bonds is 10. The van der Waals surface area contributed by atoms with E-state index in [1.54, 1.807) is 12.1 Å². The maximum Gasteiger partial charge on any atom is 0.344 e. The second kappa shape index (κ2) is 11.0. The van der Waals surface area contributed by atoms with Gasteiger partial charge in [-0.1, -0.05) is 37.3 Å². The Balaban J connectivity index is 1.81. The van der Waals surface area contributed by atoms with Crippen LogP contribution in [0.1, 0.15) is 42.6 Å². The van der Waals surface area contributed by atoms with Gasteiger partial charge in [-0.25, -0.2) is 4.79 Å². The van der Waals surface area contributed by atoms with Gasteiger partial charge in [0.2, 0.25) is 0 Å². The highest BCUT2D eigenvalue weighted by atomic mass is 16.6. The lowest BCUT2D eigenvalue weighted by atomic mass is 10.0. The molecule has 0 heterocycles. The summed E-state index contributed by atoms with van der Waals surface area (Å²) in [5, 5.41) is 2.79. The number of esters is 1. The largest absolute Gasteiger partial charge is 0.493 e. The van der Waals surface area contributed by atoms with E-state index >= 15 is 0 Å². The number of ketones is 1. The van der Waals surface area contributed by atoms with Crippen LogP contribution in [0, 0.1) is 0 Å². The fraction of sp³-hybridized carbons (Fsp3) is 0.348. The molecule has 2 aromatic rings. The lowest BCUT2D eigenvalue weighted by Gasteiger charge is -2.17. The Morgan fingerprint density at radius 1 is 1.00 bits per heavy atom. The van der Waals surface area contributed by atoms with Crippen LogP contribution in [0.4, 0.5) is 0 Å². The van der Waals surface area contributed by atoms with Crippen LogP contribution in [-0.4, -0.2) is 44.0 Å². The van der Waals surface area contributed by atoms with Crippen LogP contribution >= 0.6 is 0 Å². The van der Waals surface area contributed by atoms with Gasteiger partial charge in [0.05, 0.1) is 7.11 Å².